The van der Waals surface area contributed by atoms with Crippen molar-refractivity contribution in [1.29, 1.82) is 0 Å². The Morgan fingerprint density at radius 2 is 1.95 bits per heavy atom. The number of nitrogens with one attached hydrogen (secondary N) is 1. The molecule has 0 heterocycles. The quantitative estimate of drug-likeness (QED) is 0.745. The first-order valence-electron chi connectivity index (χ1n) is 6.83. The third-order valence-electron chi connectivity index (χ3n) is 3.92. The molecule has 1 aromatic carbocycles. The molecule has 1 unspecified atom stereocenters. The van der Waals surface area contributed by atoms with Crippen molar-refractivity contribution >= 4 is 5.91 Å². The van der Waals surface area contributed by atoms with E-state index in [0.717, 1.165) is 25.7 Å². The molecule has 1 amide bonds. The zero-order chi connectivity index (χ0) is 15.6. The van der Waals surface area contributed by atoms with Crippen LogP contribution in [-0.4, -0.2) is 23.6 Å². The maximum atomic E-state index is 13.7. The van der Waals surface area contributed by atoms with Crippen LogP contribution in [0.4, 0.5) is 13.2 Å². The van der Waals surface area contributed by atoms with E-state index in [0.29, 0.717) is 6.07 Å². The lowest BCUT2D eigenvalue weighted by atomic mass is 9.97. The Morgan fingerprint density at radius 3 is 2.52 bits per heavy atom. The van der Waals surface area contributed by atoms with Crippen molar-refractivity contribution in [2.75, 3.05) is 6.54 Å². The Bertz CT molecular complexity index is 546. The highest BCUT2D eigenvalue weighted by Gasteiger charge is 2.28. The zero-order valence-corrected chi connectivity index (χ0v) is 11.3. The van der Waals surface area contributed by atoms with Gasteiger partial charge in [-0.2, -0.15) is 4.39 Å². The van der Waals surface area contributed by atoms with Gasteiger partial charge >= 0.3 is 0 Å². The van der Waals surface area contributed by atoms with Gasteiger partial charge in [-0.15, -0.1) is 0 Å². The van der Waals surface area contributed by atoms with E-state index in [-0.39, 0.29) is 18.5 Å². The minimum Gasteiger partial charge on any atom is -0.503 e. The number of hydrogen-bond donors (Lipinski definition) is 3. The number of halogens is 3. The molecule has 0 aliphatic heterocycles. The van der Waals surface area contributed by atoms with Crippen LogP contribution in [0.2, 0.25) is 0 Å². The average Bonchev–Trinajstić information content (AvgIpc) is 3.00. The SMILES string of the molecule is NCC(NC(=O)c1cc(F)c(F)c(O)c1F)C1CCCC1. The molecule has 7 heteroatoms. The standard InChI is InChI=1S/C14H17F3N2O2/c15-9-5-8(11(16)13(20)12(9)17)14(21)19-10(6-18)7-3-1-2-4-7/h5,7,10,20H,1-4,6,18H2,(H,19,21). The van der Waals surface area contributed by atoms with E-state index in [1.807, 2.05) is 0 Å². The summed E-state index contributed by atoms with van der Waals surface area (Å²) in [5, 5.41) is 11.7. The third kappa shape index (κ3) is 3.12. The van der Waals surface area contributed by atoms with Crippen LogP contribution in [-0.2, 0) is 0 Å². The molecule has 0 saturated heterocycles. The zero-order valence-electron chi connectivity index (χ0n) is 11.3. The summed E-state index contributed by atoms with van der Waals surface area (Å²) in [6.07, 6.45) is 3.90. The first-order chi connectivity index (χ1) is 9.95. The fourth-order valence-electron chi connectivity index (χ4n) is 2.73. The van der Waals surface area contributed by atoms with Crippen molar-refractivity contribution < 1.29 is 23.1 Å². The summed E-state index contributed by atoms with van der Waals surface area (Å²) in [4.78, 5) is 12.0. The molecular formula is C14H17F3N2O2. The topological polar surface area (TPSA) is 75.3 Å². The molecule has 1 fully saturated rings. The van der Waals surface area contributed by atoms with E-state index in [2.05, 4.69) is 5.32 Å². The minimum absolute atomic E-state index is 0.174. The fraction of sp³-hybridized carbons (Fsp3) is 0.500. The maximum absolute atomic E-state index is 13.7. The Hall–Kier alpha value is -1.76. The second kappa shape index (κ2) is 6.34. The van der Waals surface area contributed by atoms with Gasteiger partial charge in [0.05, 0.1) is 5.56 Å². The number of nitrogens with two attached hydrogens (primary N) is 1. The molecular weight excluding hydrogens is 285 g/mol. The Balaban J connectivity index is 2.20. The van der Waals surface area contributed by atoms with Gasteiger partial charge in [0.1, 0.15) is 0 Å². The molecule has 4 N–H and O–H groups in total. The largest absolute Gasteiger partial charge is 0.503 e. The summed E-state index contributed by atoms with van der Waals surface area (Å²) in [7, 11) is 0. The summed E-state index contributed by atoms with van der Waals surface area (Å²) < 4.78 is 39.9. The predicted octanol–water partition coefficient (Wildman–Crippen LogP) is 2.06. The van der Waals surface area contributed by atoms with Crippen LogP contribution in [0.15, 0.2) is 6.07 Å². The van der Waals surface area contributed by atoms with Crippen LogP contribution in [0, 0.1) is 23.4 Å². The van der Waals surface area contributed by atoms with E-state index in [1.54, 1.807) is 0 Å². The lowest BCUT2D eigenvalue weighted by Crippen LogP contribution is -2.44. The fourth-order valence-corrected chi connectivity index (χ4v) is 2.73. The molecule has 0 bridgehead atoms. The summed E-state index contributed by atoms with van der Waals surface area (Å²) in [6.45, 7) is 0.174. The van der Waals surface area contributed by atoms with Gasteiger partial charge in [-0.3, -0.25) is 4.79 Å². The minimum atomic E-state index is -1.71. The van der Waals surface area contributed by atoms with Crippen molar-refractivity contribution in [2.24, 2.45) is 11.7 Å². The molecule has 1 aromatic rings. The molecule has 0 radical (unpaired) electrons. The van der Waals surface area contributed by atoms with E-state index < -0.39 is 34.7 Å². The summed E-state index contributed by atoms with van der Waals surface area (Å²) in [5.41, 5.74) is 4.88. The molecule has 1 atom stereocenters. The molecule has 1 aliphatic carbocycles. The predicted molar refractivity (Wildman–Crippen MR) is 70.2 cm³/mol. The molecule has 2 rings (SSSR count). The van der Waals surface area contributed by atoms with Crippen molar-refractivity contribution in [3.05, 3.63) is 29.1 Å². The number of benzene rings is 1. The highest BCUT2D eigenvalue weighted by Crippen LogP contribution is 2.29. The molecule has 116 valence electrons. The molecule has 0 spiro atoms. The molecule has 0 aromatic heterocycles. The van der Waals surface area contributed by atoms with Crippen molar-refractivity contribution in [2.45, 2.75) is 31.7 Å². The summed E-state index contributed by atoms with van der Waals surface area (Å²) in [5.74, 6) is -6.89. The highest BCUT2D eigenvalue weighted by molar-refractivity contribution is 5.95. The number of aromatic hydroxyl groups is 1. The molecule has 1 aliphatic rings. The van der Waals surface area contributed by atoms with Crippen LogP contribution in [0.3, 0.4) is 0 Å². The van der Waals surface area contributed by atoms with Gasteiger partial charge in [0.25, 0.3) is 5.91 Å². The summed E-state index contributed by atoms with van der Waals surface area (Å²) >= 11 is 0. The highest BCUT2D eigenvalue weighted by atomic mass is 19.2. The van der Waals surface area contributed by atoms with Crippen LogP contribution in [0.1, 0.15) is 36.0 Å². The Labute approximate surface area is 120 Å². The smallest absolute Gasteiger partial charge is 0.254 e. The van der Waals surface area contributed by atoms with Crippen LogP contribution < -0.4 is 11.1 Å². The van der Waals surface area contributed by atoms with Crippen molar-refractivity contribution in [3.63, 3.8) is 0 Å². The molecule has 1 saturated carbocycles. The number of carbonyl (C=O) groups is 1. The Morgan fingerprint density at radius 1 is 1.33 bits per heavy atom. The number of phenols is 1. The van der Waals surface area contributed by atoms with Gasteiger partial charge in [0, 0.05) is 12.6 Å². The second-order valence-electron chi connectivity index (χ2n) is 5.24. The maximum Gasteiger partial charge on any atom is 0.254 e. The van der Waals surface area contributed by atoms with Gasteiger partial charge in [-0.1, -0.05) is 12.8 Å². The normalized spacial score (nSPS) is 17.0. The van der Waals surface area contributed by atoms with Gasteiger partial charge in [0.15, 0.2) is 17.4 Å². The number of carbonyl (C=O) groups excluding carboxylic acids is 1. The van der Waals surface area contributed by atoms with E-state index in [1.165, 1.54) is 0 Å². The summed E-state index contributed by atoms with van der Waals surface area (Å²) in [6, 6.07) is 0.0803. The van der Waals surface area contributed by atoms with Crippen LogP contribution >= 0.6 is 0 Å². The monoisotopic (exact) mass is 302 g/mol. The average molecular weight is 302 g/mol. The number of amides is 1. The van der Waals surface area contributed by atoms with E-state index in [9.17, 15) is 18.0 Å². The number of hydrogen-bond acceptors (Lipinski definition) is 3. The van der Waals surface area contributed by atoms with E-state index in [4.69, 9.17) is 10.8 Å². The van der Waals surface area contributed by atoms with Crippen LogP contribution in [0.25, 0.3) is 0 Å². The van der Waals surface area contributed by atoms with Gasteiger partial charge in [0.2, 0.25) is 5.82 Å². The number of rotatable bonds is 4. The second-order valence-corrected chi connectivity index (χ2v) is 5.24. The van der Waals surface area contributed by atoms with Gasteiger partial charge in [-0.25, -0.2) is 8.78 Å². The first-order valence-corrected chi connectivity index (χ1v) is 6.83. The van der Waals surface area contributed by atoms with Crippen LogP contribution in [0.5, 0.6) is 5.75 Å². The van der Waals surface area contributed by atoms with Crippen molar-refractivity contribution in [3.8, 4) is 5.75 Å². The number of phenolic OH excluding ortho intramolecular Hbond substituents is 1. The lowest BCUT2D eigenvalue weighted by molar-refractivity contribution is 0.0918. The first kappa shape index (κ1) is 15.6. The molecule has 21 heavy (non-hydrogen) atoms. The molecule has 4 nitrogen and oxygen atoms in total. The van der Waals surface area contributed by atoms with Gasteiger partial charge < -0.3 is 16.2 Å². The lowest BCUT2D eigenvalue weighted by Gasteiger charge is -2.23. The Kier molecular flexibility index (Phi) is 4.72. The van der Waals surface area contributed by atoms with Crippen molar-refractivity contribution in [1.82, 2.24) is 5.32 Å². The third-order valence-corrected chi connectivity index (χ3v) is 3.92. The van der Waals surface area contributed by atoms with E-state index >= 15 is 0 Å². The van der Waals surface area contributed by atoms with Gasteiger partial charge in [-0.05, 0) is 24.8 Å².